The maximum Gasteiger partial charge on any atom is 0.00457 e. The standard InChI is InChI=1S/C13H23NS/c1-3-6-12(2)11-14-9-4-7-13-8-5-10-15-13/h5,8,10,12,14H,3-4,6-7,9,11H2,1-2H3. The van der Waals surface area contributed by atoms with Crippen LogP contribution in [-0.4, -0.2) is 13.1 Å². The van der Waals surface area contributed by atoms with E-state index in [9.17, 15) is 0 Å². The minimum atomic E-state index is 0.830. The largest absolute Gasteiger partial charge is 0.316 e. The zero-order chi connectivity index (χ0) is 10.9. The zero-order valence-corrected chi connectivity index (χ0v) is 10.8. The average molecular weight is 225 g/mol. The third kappa shape index (κ3) is 5.95. The summed E-state index contributed by atoms with van der Waals surface area (Å²) in [5.74, 6) is 0.830. The van der Waals surface area contributed by atoms with E-state index in [0.717, 1.165) is 12.5 Å². The fraction of sp³-hybridized carbons (Fsp3) is 0.692. The van der Waals surface area contributed by atoms with Crippen LogP contribution in [0.1, 0.15) is 38.0 Å². The summed E-state index contributed by atoms with van der Waals surface area (Å²) in [6, 6.07) is 4.36. The Morgan fingerprint density at radius 3 is 3.00 bits per heavy atom. The Kier molecular flexibility index (Phi) is 6.69. The Morgan fingerprint density at radius 2 is 2.33 bits per heavy atom. The molecule has 0 fully saturated rings. The first-order valence-electron chi connectivity index (χ1n) is 6.06. The SMILES string of the molecule is CCCC(C)CNCCCc1cccs1. The molecule has 1 aromatic rings. The highest BCUT2D eigenvalue weighted by Crippen LogP contribution is 2.10. The maximum absolute atomic E-state index is 3.54. The van der Waals surface area contributed by atoms with E-state index in [0.29, 0.717) is 0 Å². The van der Waals surface area contributed by atoms with E-state index in [1.165, 1.54) is 37.1 Å². The van der Waals surface area contributed by atoms with Gasteiger partial charge in [0.15, 0.2) is 0 Å². The summed E-state index contributed by atoms with van der Waals surface area (Å²) in [5.41, 5.74) is 0. The van der Waals surface area contributed by atoms with Gasteiger partial charge in [0.2, 0.25) is 0 Å². The molecular formula is C13H23NS. The van der Waals surface area contributed by atoms with Crippen molar-refractivity contribution in [3.05, 3.63) is 22.4 Å². The quantitative estimate of drug-likeness (QED) is 0.665. The molecule has 0 bridgehead atoms. The van der Waals surface area contributed by atoms with Crippen LogP contribution < -0.4 is 5.32 Å². The van der Waals surface area contributed by atoms with Crippen molar-refractivity contribution in [2.75, 3.05) is 13.1 Å². The van der Waals surface area contributed by atoms with Crippen LogP contribution >= 0.6 is 11.3 Å². The van der Waals surface area contributed by atoms with Gasteiger partial charge in [-0.05, 0) is 49.7 Å². The molecule has 1 rings (SSSR count). The average Bonchev–Trinajstić information content (AvgIpc) is 2.70. The lowest BCUT2D eigenvalue weighted by Crippen LogP contribution is -2.22. The van der Waals surface area contributed by atoms with E-state index in [2.05, 4.69) is 36.7 Å². The number of hydrogen-bond donors (Lipinski definition) is 1. The van der Waals surface area contributed by atoms with Crippen LogP contribution in [0.25, 0.3) is 0 Å². The summed E-state index contributed by atoms with van der Waals surface area (Å²) in [4.78, 5) is 1.51. The van der Waals surface area contributed by atoms with Gasteiger partial charge in [-0.2, -0.15) is 0 Å². The highest BCUT2D eigenvalue weighted by molar-refractivity contribution is 7.09. The zero-order valence-electron chi connectivity index (χ0n) is 9.96. The second kappa shape index (κ2) is 7.89. The molecule has 0 radical (unpaired) electrons. The fourth-order valence-electron chi connectivity index (χ4n) is 1.79. The van der Waals surface area contributed by atoms with Crippen molar-refractivity contribution in [1.29, 1.82) is 0 Å². The first-order chi connectivity index (χ1) is 7.33. The molecule has 2 heteroatoms. The lowest BCUT2D eigenvalue weighted by Gasteiger charge is -2.10. The summed E-state index contributed by atoms with van der Waals surface area (Å²) in [5, 5.41) is 5.70. The molecule has 0 aliphatic carbocycles. The van der Waals surface area contributed by atoms with E-state index in [1.54, 1.807) is 0 Å². The molecule has 0 aliphatic rings. The summed E-state index contributed by atoms with van der Waals surface area (Å²) in [6.45, 7) is 6.92. The topological polar surface area (TPSA) is 12.0 Å². The lowest BCUT2D eigenvalue weighted by atomic mass is 10.1. The van der Waals surface area contributed by atoms with Crippen molar-refractivity contribution >= 4 is 11.3 Å². The summed E-state index contributed by atoms with van der Waals surface area (Å²) >= 11 is 1.87. The molecule has 1 heterocycles. The molecule has 0 aromatic carbocycles. The summed E-state index contributed by atoms with van der Waals surface area (Å²) in [6.07, 6.45) is 5.14. The van der Waals surface area contributed by atoms with Crippen molar-refractivity contribution in [2.24, 2.45) is 5.92 Å². The van der Waals surface area contributed by atoms with Gasteiger partial charge in [-0.25, -0.2) is 0 Å². The minimum absolute atomic E-state index is 0.830. The highest BCUT2D eigenvalue weighted by Gasteiger charge is 1.99. The van der Waals surface area contributed by atoms with Crippen LogP contribution in [0.2, 0.25) is 0 Å². The molecule has 0 saturated carbocycles. The van der Waals surface area contributed by atoms with Crippen LogP contribution in [0.3, 0.4) is 0 Å². The molecule has 1 nitrogen and oxygen atoms in total. The van der Waals surface area contributed by atoms with Crippen LogP contribution in [-0.2, 0) is 6.42 Å². The number of nitrogens with one attached hydrogen (secondary N) is 1. The monoisotopic (exact) mass is 225 g/mol. The van der Waals surface area contributed by atoms with E-state index in [-0.39, 0.29) is 0 Å². The van der Waals surface area contributed by atoms with Gasteiger partial charge in [-0.3, -0.25) is 0 Å². The van der Waals surface area contributed by atoms with Gasteiger partial charge in [0.05, 0.1) is 0 Å². The molecule has 86 valence electrons. The van der Waals surface area contributed by atoms with Gasteiger partial charge in [-0.1, -0.05) is 26.3 Å². The summed E-state index contributed by atoms with van der Waals surface area (Å²) < 4.78 is 0. The molecule has 1 N–H and O–H groups in total. The first kappa shape index (κ1) is 12.7. The van der Waals surface area contributed by atoms with Gasteiger partial charge in [0.25, 0.3) is 0 Å². The molecule has 0 saturated heterocycles. The van der Waals surface area contributed by atoms with Gasteiger partial charge in [0, 0.05) is 4.88 Å². The van der Waals surface area contributed by atoms with Crippen molar-refractivity contribution in [1.82, 2.24) is 5.32 Å². The third-order valence-electron chi connectivity index (χ3n) is 2.63. The lowest BCUT2D eigenvalue weighted by molar-refractivity contribution is 0.473. The Balaban J connectivity index is 1.93. The first-order valence-corrected chi connectivity index (χ1v) is 6.94. The molecule has 0 spiro atoms. The maximum atomic E-state index is 3.54. The molecule has 15 heavy (non-hydrogen) atoms. The van der Waals surface area contributed by atoms with Crippen LogP contribution in [0, 0.1) is 5.92 Å². The molecular weight excluding hydrogens is 202 g/mol. The van der Waals surface area contributed by atoms with E-state index < -0.39 is 0 Å². The Hall–Kier alpha value is -0.340. The summed E-state index contributed by atoms with van der Waals surface area (Å²) in [7, 11) is 0. The third-order valence-corrected chi connectivity index (χ3v) is 3.57. The van der Waals surface area contributed by atoms with Gasteiger partial charge in [0.1, 0.15) is 0 Å². The predicted octanol–water partition coefficient (Wildman–Crippen LogP) is 3.71. The molecule has 0 aliphatic heterocycles. The number of aryl methyl sites for hydroxylation is 1. The highest BCUT2D eigenvalue weighted by atomic mass is 32.1. The van der Waals surface area contributed by atoms with Crippen LogP contribution in [0.4, 0.5) is 0 Å². The van der Waals surface area contributed by atoms with Gasteiger partial charge in [-0.15, -0.1) is 11.3 Å². The second-order valence-electron chi connectivity index (χ2n) is 4.28. The van der Waals surface area contributed by atoms with Gasteiger partial charge < -0.3 is 5.32 Å². The van der Waals surface area contributed by atoms with E-state index in [4.69, 9.17) is 0 Å². The Labute approximate surface area is 97.9 Å². The predicted molar refractivity (Wildman–Crippen MR) is 69.6 cm³/mol. The van der Waals surface area contributed by atoms with Crippen LogP contribution in [0.5, 0.6) is 0 Å². The molecule has 1 atom stereocenters. The van der Waals surface area contributed by atoms with Crippen molar-refractivity contribution in [3.63, 3.8) is 0 Å². The van der Waals surface area contributed by atoms with Gasteiger partial charge >= 0.3 is 0 Å². The number of rotatable bonds is 8. The smallest absolute Gasteiger partial charge is 0.00457 e. The van der Waals surface area contributed by atoms with Crippen molar-refractivity contribution < 1.29 is 0 Å². The molecule has 1 unspecified atom stereocenters. The van der Waals surface area contributed by atoms with Crippen molar-refractivity contribution in [3.8, 4) is 0 Å². The van der Waals surface area contributed by atoms with Crippen LogP contribution in [0.15, 0.2) is 17.5 Å². The normalized spacial score (nSPS) is 12.9. The fourth-order valence-corrected chi connectivity index (χ4v) is 2.54. The number of thiophene rings is 1. The van der Waals surface area contributed by atoms with E-state index >= 15 is 0 Å². The van der Waals surface area contributed by atoms with E-state index in [1.807, 2.05) is 11.3 Å². The molecule has 0 amide bonds. The minimum Gasteiger partial charge on any atom is -0.316 e. The second-order valence-corrected chi connectivity index (χ2v) is 5.31. The Morgan fingerprint density at radius 1 is 1.47 bits per heavy atom. The van der Waals surface area contributed by atoms with Crippen molar-refractivity contribution in [2.45, 2.75) is 39.5 Å². The number of hydrogen-bond acceptors (Lipinski definition) is 2. The molecule has 1 aromatic heterocycles. The Bertz CT molecular complexity index is 231.